The van der Waals surface area contributed by atoms with Crippen LogP contribution in [0, 0.1) is 5.82 Å². The van der Waals surface area contributed by atoms with Crippen molar-refractivity contribution in [3.8, 4) is 5.75 Å². The number of halogens is 2. The highest BCUT2D eigenvalue weighted by Crippen LogP contribution is 2.45. The number of carbonyl (C=O) groups excluding carboxylic acids is 2. The van der Waals surface area contributed by atoms with E-state index in [1.165, 1.54) is 18.2 Å². The molecule has 0 unspecified atom stereocenters. The minimum atomic E-state index is -1.38. The number of hydrogen-bond acceptors (Lipinski definition) is 3. The quantitative estimate of drug-likeness (QED) is 0.574. The lowest BCUT2D eigenvalue weighted by molar-refractivity contribution is -0.127. The van der Waals surface area contributed by atoms with Gasteiger partial charge in [-0.15, -0.1) is 0 Å². The summed E-state index contributed by atoms with van der Waals surface area (Å²) in [6.45, 7) is 0.225. The highest BCUT2D eigenvalue weighted by atomic mass is 35.5. The number of amides is 3. The van der Waals surface area contributed by atoms with Crippen LogP contribution >= 0.6 is 11.8 Å². The summed E-state index contributed by atoms with van der Waals surface area (Å²) in [6, 6.07) is 3.11. The zero-order chi connectivity index (χ0) is 12.9. The van der Waals surface area contributed by atoms with Crippen LogP contribution in [0.3, 0.4) is 0 Å². The van der Waals surface area contributed by atoms with Crippen LogP contribution in [0.1, 0.15) is 12.0 Å². The van der Waals surface area contributed by atoms with Crippen LogP contribution in [0.2, 0.25) is 0 Å². The van der Waals surface area contributed by atoms with Gasteiger partial charge in [0, 0.05) is 23.8 Å². The SMILES string of the molecule is O=C1NC(=O)[C@@]2(CCOc3ccc(F)cc32)N1Cl. The molecule has 18 heavy (non-hydrogen) atoms. The van der Waals surface area contributed by atoms with Gasteiger partial charge in [0.15, 0.2) is 5.54 Å². The van der Waals surface area contributed by atoms with E-state index < -0.39 is 23.3 Å². The Hall–Kier alpha value is -1.82. The molecular formula is C11H8ClFN2O3. The molecule has 2 aliphatic heterocycles. The Balaban J connectivity index is 2.24. The van der Waals surface area contributed by atoms with Crippen molar-refractivity contribution in [1.29, 1.82) is 0 Å². The van der Waals surface area contributed by atoms with Crippen LogP contribution in [0.15, 0.2) is 18.2 Å². The maximum atomic E-state index is 13.3. The molecule has 94 valence electrons. The molecule has 3 amide bonds. The lowest BCUT2D eigenvalue weighted by Crippen LogP contribution is -2.46. The molecule has 2 aliphatic rings. The summed E-state index contributed by atoms with van der Waals surface area (Å²) in [4.78, 5) is 23.5. The van der Waals surface area contributed by atoms with Gasteiger partial charge in [-0.25, -0.2) is 13.6 Å². The van der Waals surface area contributed by atoms with Crippen LogP contribution in [-0.2, 0) is 10.3 Å². The van der Waals surface area contributed by atoms with Crippen LogP contribution in [-0.4, -0.2) is 23.0 Å². The molecule has 1 fully saturated rings. The molecule has 1 aromatic rings. The molecule has 0 aliphatic carbocycles. The predicted molar refractivity (Wildman–Crippen MR) is 59.4 cm³/mol. The van der Waals surface area contributed by atoms with Crippen molar-refractivity contribution in [2.75, 3.05) is 6.61 Å². The Kier molecular flexibility index (Phi) is 2.25. The van der Waals surface area contributed by atoms with E-state index in [0.29, 0.717) is 5.75 Å². The third kappa shape index (κ3) is 1.26. The number of nitrogens with one attached hydrogen (secondary N) is 1. The van der Waals surface area contributed by atoms with E-state index in [-0.39, 0.29) is 18.6 Å². The summed E-state index contributed by atoms with van der Waals surface area (Å²) >= 11 is 5.90. The van der Waals surface area contributed by atoms with Crippen molar-refractivity contribution in [1.82, 2.24) is 9.74 Å². The molecule has 1 spiro atoms. The van der Waals surface area contributed by atoms with Crippen molar-refractivity contribution < 1.29 is 18.7 Å². The van der Waals surface area contributed by atoms with Gasteiger partial charge in [0.05, 0.1) is 6.61 Å². The summed E-state index contributed by atoms with van der Waals surface area (Å²) in [7, 11) is 0. The molecule has 3 rings (SSSR count). The van der Waals surface area contributed by atoms with Gasteiger partial charge in [-0.2, -0.15) is 0 Å². The Morgan fingerprint density at radius 3 is 2.89 bits per heavy atom. The summed E-state index contributed by atoms with van der Waals surface area (Å²) in [6.07, 6.45) is 0.185. The minimum absolute atomic E-state index is 0.185. The standard InChI is InChI=1S/C11H8ClFN2O3/c12-15-10(17)14-9(16)11(15)3-4-18-8-2-1-6(13)5-7(8)11/h1-2,5H,3-4H2,(H,14,16,17)/t11-/m0/s1. The fraction of sp³-hybridized carbons (Fsp3) is 0.273. The van der Waals surface area contributed by atoms with Gasteiger partial charge in [-0.05, 0) is 18.2 Å². The number of carbonyl (C=O) groups is 2. The number of imide groups is 1. The Bertz CT molecular complexity index is 565. The van der Waals surface area contributed by atoms with E-state index in [0.717, 1.165) is 4.42 Å². The van der Waals surface area contributed by atoms with Gasteiger partial charge in [0.2, 0.25) is 0 Å². The largest absolute Gasteiger partial charge is 0.493 e. The minimum Gasteiger partial charge on any atom is -0.493 e. The molecule has 0 saturated carbocycles. The molecule has 1 aromatic carbocycles. The summed E-state index contributed by atoms with van der Waals surface area (Å²) in [5.74, 6) is -0.716. The number of hydrogen-bond donors (Lipinski definition) is 1. The van der Waals surface area contributed by atoms with Gasteiger partial charge in [0.25, 0.3) is 5.91 Å². The first-order valence-corrected chi connectivity index (χ1v) is 5.64. The molecular weight excluding hydrogens is 263 g/mol. The van der Waals surface area contributed by atoms with Crippen molar-refractivity contribution in [3.63, 3.8) is 0 Å². The summed E-state index contributed by atoms with van der Waals surface area (Å²) in [5, 5.41) is 2.13. The molecule has 1 atom stereocenters. The topological polar surface area (TPSA) is 58.6 Å². The van der Waals surface area contributed by atoms with E-state index >= 15 is 0 Å². The predicted octanol–water partition coefficient (Wildman–Crippen LogP) is 1.51. The molecule has 2 heterocycles. The summed E-state index contributed by atoms with van der Waals surface area (Å²) in [5.41, 5.74) is -1.11. The zero-order valence-electron chi connectivity index (χ0n) is 9.07. The molecule has 1 N–H and O–H groups in total. The van der Waals surface area contributed by atoms with Crippen molar-refractivity contribution in [3.05, 3.63) is 29.6 Å². The number of rotatable bonds is 0. The Morgan fingerprint density at radius 2 is 2.22 bits per heavy atom. The van der Waals surface area contributed by atoms with E-state index in [9.17, 15) is 14.0 Å². The van der Waals surface area contributed by atoms with E-state index in [2.05, 4.69) is 5.32 Å². The van der Waals surface area contributed by atoms with Crippen molar-refractivity contribution in [2.45, 2.75) is 12.0 Å². The van der Waals surface area contributed by atoms with Crippen molar-refractivity contribution >= 4 is 23.7 Å². The van der Waals surface area contributed by atoms with E-state index in [1.807, 2.05) is 0 Å². The first kappa shape index (κ1) is 11.3. The number of fused-ring (bicyclic) bond motifs is 2. The molecule has 0 bridgehead atoms. The van der Waals surface area contributed by atoms with Gasteiger partial charge < -0.3 is 4.74 Å². The molecule has 5 nitrogen and oxygen atoms in total. The van der Waals surface area contributed by atoms with Gasteiger partial charge in [-0.1, -0.05) is 0 Å². The number of nitrogens with zero attached hydrogens (tertiary/aromatic N) is 1. The number of urea groups is 1. The second kappa shape index (κ2) is 3.58. The lowest BCUT2D eigenvalue weighted by atomic mass is 9.84. The van der Waals surface area contributed by atoms with Crippen LogP contribution in [0.5, 0.6) is 5.75 Å². The van der Waals surface area contributed by atoms with Crippen molar-refractivity contribution in [2.24, 2.45) is 0 Å². The zero-order valence-corrected chi connectivity index (χ0v) is 9.83. The average molecular weight is 271 g/mol. The number of benzene rings is 1. The molecule has 0 radical (unpaired) electrons. The second-order valence-electron chi connectivity index (χ2n) is 4.14. The maximum Gasteiger partial charge on any atom is 0.340 e. The fourth-order valence-electron chi connectivity index (χ4n) is 2.35. The van der Waals surface area contributed by atoms with E-state index in [1.54, 1.807) is 0 Å². The van der Waals surface area contributed by atoms with Crippen LogP contribution in [0.4, 0.5) is 9.18 Å². The fourth-order valence-corrected chi connectivity index (χ4v) is 2.64. The van der Waals surface area contributed by atoms with Gasteiger partial charge in [-0.3, -0.25) is 10.1 Å². The smallest absolute Gasteiger partial charge is 0.340 e. The Morgan fingerprint density at radius 1 is 1.44 bits per heavy atom. The monoisotopic (exact) mass is 270 g/mol. The summed E-state index contributed by atoms with van der Waals surface area (Å²) < 4.78 is 19.5. The maximum absolute atomic E-state index is 13.3. The number of ether oxygens (including phenoxy) is 1. The van der Waals surface area contributed by atoms with Gasteiger partial charge >= 0.3 is 6.03 Å². The second-order valence-corrected chi connectivity index (χ2v) is 4.48. The normalized spacial score (nSPS) is 26.0. The highest BCUT2D eigenvalue weighted by molar-refractivity contribution is 6.28. The van der Waals surface area contributed by atoms with E-state index in [4.69, 9.17) is 16.5 Å². The van der Waals surface area contributed by atoms with Gasteiger partial charge in [0.1, 0.15) is 11.6 Å². The first-order chi connectivity index (χ1) is 8.55. The third-order valence-corrected chi connectivity index (χ3v) is 3.66. The third-order valence-electron chi connectivity index (χ3n) is 3.22. The van der Waals surface area contributed by atoms with Crippen LogP contribution in [0.25, 0.3) is 0 Å². The van der Waals surface area contributed by atoms with Crippen LogP contribution < -0.4 is 10.1 Å². The molecule has 0 aromatic heterocycles. The lowest BCUT2D eigenvalue weighted by Gasteiger charge is -2.35. The Labute approximate surface area is 107 Å². The molecule has 7 heteroatoms. The molecule has 1 saturated heterocycles. The first-order valence-electron chi connectivity index (χ1n) is 5.30. The highest BCUT2D eigenvalue weighted by Gasteiger charge is 2.56. The average Bonchev–Trinajstić information content (AvgIpc) is 2.55.